The SMILES string of the molecule is CCC12OC3(C)OC4(C)CC(C)(C(CC(=O)OC)C1C)C(OC)C4(O)C1OC(=O)CC(C(C)(C)C(O)c4ccoc4)C12O3. The number of carbonyl (C=O) groups is 2. The quantitative estimate of drug-likeness (QED) is 0.439. The summed E-state index contributed by atoms with van der Waals surface area (Å²) in [6.45, 7) is 13.2. The number of aliphatic hydroxyl groups excluding tert-OH is 1. The average Bonchev–Trinajstić information content (AvgIpc) is 3.59. The number of hydrogen-bond acceptors (Lipinski definition) is 11. The number of esters is 2. The third-order valence-electron chi connectivity index (χ3n) is 12.3. The Morgan fingerprint density at radius 3 is 2.47 bits per heavy atom. The Labute approximate surface area is 252 Å². The molecule has 2 aliphatic carbocycles. The lowest BCUT2D eigenvalue weighted by Gasteiger charge is -2.64. The lowest BCUT2D eigenvalue weighted by molar-refractivity contribution is -0.388. The molecule has 5 fully saturated rings. The Morgan fingerprint density at radius 2 is 1.88 bits per heavy atom. The summed E-state index contributed by atoms with van der Waals surface area (Å²) in [4.78, 5) is 26.8. The molecule has 3 saturated heterocycles. The molecule has 0 radical (unpaired) electrons. The van der Waals surface area contributed by atoms with E-state index in [1.807, 2.05) is 34.6 Å². The van der Waals surface area contributed by atoms with Crippen molar-refractivity contribution in [2.24, 2.45) is 28.6 Å². The number of carbonyl (C=O) groups excluding carboxylic acids is 2. The fourth-order valence-electron chi connectivity index (χ4n) is 10.7. The molecule has 43 heavy (non-hydrogen) atoms. The fourth-order valence-corrected chi connectivity index (χ4v) is 10.7. The van der Waals surface area contributed by atoms with Gasteiger partial charge in [0.15, 0.2) is 11.7 Å². The van der Waals surface area contributed by atoms with Crippen molar-refractivity contribution < 1.29 is 52.6 Å². The topological polar surface area (TPSA) is 143 Å². The van der Waals surface area contributed by atoms with Crippen molar-refractivity contribution in [2.75, 3.05) is 14.2 Å². The molecule has 1 aromatic heterocycles. The predicted molar refractivity (Wildman–Crippen MR) is 149 cm³/mol. The Bertz CT molecular complexity index is 1300. The second kappa shape index (κ2) is 9.26. The van der Waals surface area contributed by atoms with Crippen LogP contribution < -0.4 is 0 Å². The lowest BCUT2D eigenvalue weighted by atomic mass is 9.47. The van der Waals surface area contributed by atoms with Crippen molar-refractivity contribution in [3.8, 4) is 0 Å². The highest BCUT2D eigenvalue weighted by Crippen LogP contribution is 2.75. The van der Waals surface area contributed by atoms with Gasteiger partial charge in [0.2, 0.25) is 0 Å². The maximum atomic E-state index is 13.7. The van der Waals surface area contributed by atoms with Gasteiger partial charge in [-0.1, -0.05) is 34.6 Å². The van der Waals surface area contributed by atoms with Gasteiger partial charge >= 0.3 is 11.9 Å². The van der Waals surface area contributed by atoms with E-state index in [2.05, 4.69) is 0 Å². The summed E-state index contributed by atoms with van der Waals surface area (Å²) in [6, 6.07) is 1.69. The Morgan fingerprint density at radius 1 is 1.19 bits per heavy atom. The van der Waals surface area contributed by atoms with E-state index < -0.39 is 87.2 Å². The summed E-state index contributed by atoms with van der Waals surface area (Å²) in [5, 5.41) is 25.2. The van der Waals surface area contributed by atoms with Gasteiger partial charge in [0.25, 0.3) is 5.97 Å². The molecule has 11 heteroatoms. The van der Waals surface area contributed by atoms with E-state index in [1.54, 1.807) is 19.9 Å². The molecule has 6 rings (SSSR count). The van der Waals surface area contributed by atoms with Gasteiger partial charge in [0, 0.05) is 42.8 Å². The molecule has 0 aromatic carbocycles. The standard InChI is InChI=1S/C32H46O11/c1-10-30-17(2)19(13-21(33)37-8)27(5)16-28(6)31(36,24(27)38-9)25-32(30,43-29(7,41-28)42-30)20(14-22(34)40-25)26(3,4)23(35)18-11-12-39-15-18/h11-12,15,17,19-20,23-25,35-36H,10,13-14,16H2,1-9H3. The summed E-state index contributed by atoms with van der Waals surface area (Å²) in [5.74, 6) is -4.19. The van der Waals surface area contributed by atoms with Crippen LogP contribution in [-0.4, -0.2) is 77.0 Å². The highest BCUT2D eigenvalue weighted by atomic mass is 16.9. The molecule has 2 saturated carbocycles. The van der Waals surface area contributed by atoms with E-state index in [0.29, 0.717) is 12.0 Å². The van der Waals surface area contributed by atoms with Crippen LogP contribution in [0.1, 0.15) is 85.8 Å². The number of rotatable bonds is 7. The fraction of sp³-hybridized carbons (Fsp3) is 0.812. The first-order valence-electron chi connectivity index (χ1n) is 15.3. The molecule has 1 spiro atoms. The first-order valence-corrected chi connectivity index (χ1v) is 15.3. The van der Waals surface area contributed by atoms with E-state index in [-0.39, 0.29) is 19.3 Å². The molecule has 1 aromatic rings. The molecular formula is C32H46O11. The molecule has 12 atom stereocenters. The second-order valence-electron chi connectivity index (χ2n) is 14.6. The minimum Gasteiger partial charge on any atom is -0.472 e. The van der Waals surface area contributed by atoms with Crippen LogP contribution in [0.3, 0.4) is 0 Å². The van der Waals surface area contributed by atoms with Gasteiger partial charge < -0.3 is 43.1 Å². The summed E-state index contributed by atoms with van der Waals surface area (Å²) < 4.78 is 44.0. The largest absolute Gasteiger partial charge is 0.472 e. The van der Waals surface area contributed by atoms with E-state index in [1.165, 1.54) is 26.7 Å². The smallest absolute Gasteiger partial charge is 0.306 e. The predicted octanol–water partition coefficient (Wildman–Crippen LogP) is 3.65. The minimum absolute atomic E-state index is 0.0360. The third kappa shape index (κ3) is 3.52. The number of methoxy groups -OCH3 is 2. The molecule has 11 nitrogen and oxygen atoms in total. The van der Waals surface area contributed by atoms with Crippen LogP contribution >= 0.6 is 0 Å². The Kier molecular flexibility index (Phi) is 6.67. The zero-order valence-electron chi connectivity index (χ0n) is 26.6. The number of hydrogen-bond donors (Lipinski definition) is 2. The zero-order valence-corrected chi connectivity index (χ0v) is 26.6. The van der Waals surface area contributed by atoms with Crippen LogP contribution in [0.25, 0.3) is 0 Å². The molecule has 0 amide bonds. The van der Waals surface area contributed by atoms with Crippen molar-refractivity contribution in [1.29, 1.82) is 0 Å². The summed E-state index contributed by atoms with van der Waals surface area (Å²) >= 11 is 0. The van der Waals surface area contributed by atoms with Crippen LogP contribution in [0.15, 0.2) is 23.0 Å². The number of ether oxygens (including phenoxy) is 6. The lowest BCUT2D eigenvalue weighted by Crippen LogP contribution is -2.81. The van der Waals surface area contributed by atoms with Gasteiger partial charge in [0.1, 0.15) is 16.8 Å². The van der Waals surface area contributed by atoms with Crippen LogP contribution in [0.5, 0.6) is 0 Å². The second-order valence-corrected chi connectivity index (χ2v) is 14.6. The molecule has 3 aliphatic heterocycles. The molecule has 2 N–H and O–H groups in total. The van der Waals surface area contributed by atoms with Crippen molar-refractivity contribution >= 4 is 11.9 Å². The maximum absolute atomic E-state index is 13.7. The van der Waals surface area contributed by atoms with Gasteiger partial charge in [-0.3, -0.25) is 9.59 Å². The van der Waals surface area contributed by atoms with Crippen LogP contribution in [0, 0.1) is 28.6 Å². The number of aliphatic hydroxyl groups is 2. The molecule has 4 heterocycles. The van der Waals surface area contributed by atoms with Crippen LogP contribution in [0.2, 0.25) is 0 Å². The van der Waals surface area contributed by atoms with Gasteiger partial charge in [-0.15, -0.1) is 0 Å². The first-order chi connectivity index (χ1) is 20.0. The van der Waals surface area contributed by atoms with E-state index >= 15 is 0 Å². The molecule has 4 bridgehead atoms. The van der Waals surface area contributed by atoms with E-state index in [0.717, 1.165) is 0 Å². The van der Waals surface area contributed by atoms with Gasteiger partial charge in [-0.2, -0.15) is 0 Å². The monoisotopic (exact) mass is 606 g/mol. The van der Waals surface area contributed by atoms with E-state index in [9.17, 15) is 19.8 Å². The van der Waals surface area contributed by atoms with Gasteiger partial charge in [0.05, 0.1) is 38.3 Å². The van der Waals surface area contributed by atoms with Crippen molar-refractivity contribution in [3.05, 3.63) is 24.2 Å². The maximum Gasteiger partial charge on any atom is 0.306 e. The molecule has 12 unspecified atom stereocenters. The van der Waals surface area contributed by atoms with Gasteiger partial charge in [-0.05, 0) is 37.7 Å². The Hall–Kier alpha value is -2.02. The summed E-state index contributed by atoms with van der Waals surface area (Å²) in [6.07, 6.45) is 0.207. The number of fused-ring (bicyclic) bond motifs is 2. The third-order valence-corrected chi connectivity index (χ3v) is 12.3. The zero-order chi connectivity index (χ0) is 31.6. The summed E-state index contributed by atoms with van der Waals surface area (Å²) in [5.41, 5.74) is -7.45. The van der Waals surface area contributed by atoms with E-state index in [4.69, 9.17) is 32.8 Å². The van der Waals surface area contributed by atoms with Crippen LogP contribution in [0.4, 0.5) is 0 Å². The van der Waals surface area contributed by atoms with Crippen molar-refractivity contribution in [3.63, 3.8) is 0 Å². The van der Waals surface area contributed by atoms with Crippen molar-refractivity contribution in [2.45, 2.75) is 121 Å². The highest BCUT2D eigenvalue weighted by molar-refractivity contribution is 5.73. The number of furan rings is 1. The summed E-state index contributed by atoms with van der Waals surface area (Å²) in [7, 11) is 2.88. The highest BCUT2D eigenvalue weighted by Gasteiger charge is 2.90. The normalized spacial score (nSPS) is 49.2. The first kappa shape index (κ1) is 31.0. The minimum atomic E-state index is -1.93. The Balaban J connectivity index is 1.70. The molecule has 5 aliphatic rings. The molecule has 240 valence electrons. The average molecular weight is 607 g/mol. The molecular weight excluding hydrogens is 560 g/mol. The van der Waals surface area contributed by atoms with Gasteiger partial charge in [-0.25, -0.2) is 0 Å². The van der Waals surface area contributed by atoms with Crippen molar-refractivity contribution in [1.82, 2.24) is 0 Å². The van der Waals surface area contributed by atoms with Crippen LogP contribution in [-0.2, 0) is 38.0 Å².